The van der Waals surface area contributed by atoms with Crippen molar-refractivity contribution in [3.05, 3.63) is 35.5 Å². The van der Waals surface area contributed by atoms with E-state index in [1.54, 1.807) is 6.07 Å². The van der Waals surface area contributed by atoms with E-state index >= 15 is 0 Å². The predicted molar refractivity (Wildman–Crippen MR) is 90.8 cm³/mol. The molecule has 4 heterocycles. The molecule has 0 saturated carbocycles. The molecule has 0 radical (unpaired) electrons. The number of benzene rings is 1. The average molecular weight is 321 g/mol. The summed E-state index contributed by atoms with van der Waals surface area (Å²) in [6.45, 7) is 4.33. The zero-order valence-corrected chi connectivity index (χ0v) is 14.5. The Kier molecular flexibility index (Phi) is 5.07. The first-order valence-corrected chi connectivity index (χ1v) is 8.39. The van der Waals surface area contributed by atoms with Crippen molar-refractivity contribution in [2.24, 2.45) is 13.0 Å². The van der Waals surface area contributed by atoms with Crippen molar-refractivity contribution >= 4 is 16.9 Å². The van der Waals surface area contributed by atoms with Crippen molar-refractivity contribution < 1.29 is 30.2 Å². The van der Waals surface area contributed by atoms with E-state index in [2.05, 4.69) is 16.4 Å². The van der Waals surface area contributed by atoms with E-state index in [1.807, 2.05) is 23.7 Å². The van der Waals surface area contributed by atoms with Gasteiger partial charge in [0.05, 0.1) is 5.56 Å². The molecule has 0 spiro atoms. The van der Waals surface area contributed by atoms with Gasteiger partial charge in [-0.05, 0) is 49.5 Å². The Labute approximate surface area is 155 Å². The monoisotopic (exact) mass is 321 g/mol. The van der Waals surface area contributed by atoms with Crippen LogP contribution in [0.2, 0.25) is 0 Å². The zero-order valence-electron chi connectivity index (χ0n) is 15.5. The number of carbonyl (C=O) groups is 1. The van der Waals surface area contributed by atoms with E-state index in [-0.39, 0.29) is 20.3 Å². The third kappa shape index (κ3) is 3.02. The summed E-state index contributed by atoms with van der Waals surface area (Å²) < 4.78 is 2.02. The summed E-state index contributed by atoms with van der Waals surface area (Å²) in [5.41, 5.74) is 2.46. The molecule has 1 aromatic carbocycles. The number of hydrogen-bond donors (Lipinski definition) is 2. The van der Waals surface area contributed by atoms with Crippen LogP contribution in [0.15, 0.2) is 24.4 Å². The van der Waals surface area contributed by atoms with Gasteiger partial charge in [0.15, 0.2) is 0 Å². The molecule has 2 bridgehead atoms. The van der Waals surface area contributed by atoms with Crippen molar-refractivity contribution in [3.8, 4) is 0 Å². The van der Waals surface area contributed by atoms with Gasteiger partial charge in [-0.2, -0.15) is 0 Å². The van der Waals surface area contributed by atoms with Crippen molar-refractivity contribution in [1.29, 1.82) is 0 Å². The van der Waals surface area contributed by atoms with E-state index in [4.69, 9.17) is 0 Å². The predicted octanol–water partition coefficient (Wildman–Crippen LogP) is -0.823. The summed E-state index contributed by atoms with van der Waals surface area (Å²) in [5, 5.41) is 14.0. The van der Waals surface area contributed by atoms with Crippen LogP contribution in [0.4, 0.5) is 0 Å². The second-order valence-electron chi connectivity index (χ2n) is 6.90. The average Bonchev–Trinajstić information content (AvgIpc) is 2.90. The second-order valence-corrected chi connectivity index (χ2v) is 6.90. The van der Waals surface area contributed by atoms with E-state index in [9.17, 15) is 9.90 Å². The third-order valence-electron chi connectivity index (χ3n) is 5.53. The molecule has 3 saturated heterocycles. The van der Waals surface area contributed by atoms with Gasteiger partial charge >= 0.3 is 24.8 Å². The number of carboxylic acids is 1. The number of aromatic nitrogens is 1. The maximum absolute atomic E-state index is 11.6. The molecule has 3 aliphatic heterocycles. The Morgan fingerprint density at radius 2 is 2.12 bits per heavy atom. The molecule has 5 rings (SSSR count). The van der Waals surface area contributed by atoms with Gasteiger partial charge in [0, 0.05) is 43.3 Å². The fraction of sp³-hybridized carbons (Fsp3) is 0.500. The summed E-state index contributed by atoms with van der Waals surface area (Å²) in [6, 6.07) is 6.03. The molecule has 2 N–H and O–H groups in total. The Bertz CT molecular complexity index is 756. The molecule has 6 heteroatoms. The number of nitrogens with zero attached hydrogens (tertiary/aromatic N) is 2. The van der Waals surface area contributed by atoms with Gasteiger partial charge in [-0.25, -0.2) is 4.79 Å². The van der Waals surface area contributed by atoms with Crippen molar-refractivity contribution in [2.45, 2.75) is 25.4 Å². The number of rotatable bonds is 4. The van der Waals surface area contributed by atoms with Crippen molar-refractivity contribution in [2.75, 3.05) is 19.6 Å². The molecule has 0 aliphatic carbocycles. The van der Waals surface area contributed by atoms with Crippen LogP contribution in [0.3, 0.4) is 0 Å². The summed E-state index contributed by atoms with van der Waals surface area (Å²) in [6.07, 6.45) is 4.63. The van der Waals surface area contributed by atoms with E-state index < -0.39 is 5.97 Å². The molecule has 1 atom stereocenters. The van der Waals surface area contributed by atoms with Gasteiger partial charge in [0.2, 0.25) is 0 Å². The molecule has 5 nitrogen and oxygen atoms in total. The van der Waals surface area contributed by atoms with E-state index in [0.29, 0.717) is 11.6 Å². The van der Waals surface area contributed by atoms with Crippen LogP contribution < -0.4 is 24.2 Å². The maximum Gasteiger partial charge on any atom is 1.00 e. The first kappa shape index (κ1) is 17.6. The van der Waals surface area contributed by atoms with Gasteiger partial charge in [-0.3, -0.25) is 0 Å². The fourth-order valence-electron chi connectivity index (χ4n) is 4.29. The van der Waals surface area contributed by atoms with E-state index in [1.165, 1.54) is 25.9 Å². The molecule has 3 fully saturated rings. The van der Waals surface area contributed by atoms with Gasteiger partial charge in [-0.15, -0.1) is 0 Å². The molecule has 24 heavy (non-hydrogen) atoms. The Morgan fingerprint density at radius 3 is 2.75 bits per heavy atom. The standard InChI is InChI=1S/C18H23N3O2.Li.H/c1-20-10-13(17-14(18(22)23)3-2-4-16(17)20)9-19-15-11-21-7-5-12(15)6-8-21;;/h2-4,10,12,15,19H,5-9,11H2,1H3,(H,22,23);;/q;+1;-1. The minimum absolute atomic E-state index is 0. The summed E-state index contributed by atoms with van der Waals surface area (Å²) in [7, 11) is 1.98. The van der Waals surface area contributed by atoms with Crippen LogP contribution in [0.25, 0.3) is 10.9 Å². The van der Waals surface area contributed by atoms with Gasteiger partial charge in [0.1, 0.15) is 0 Å². The number of hydrogen-bond acceptors (Lipinski definition) is 3. The normalized spacial score (nSPS) is 25.6. The SMILES string of the molecule is Cn1cc(CNC2CN3CCC2CC3)c2c(C(=O)O)cccc21.[H-].[Li+]. The number of carboxylic acid groups (broad SMARTS) is 1. The Hall–Kier alpha value is -1.25. The smallest absolute Gasteiger partial charge is 1.00 e. The van der Waals surface area contributed by atoms with E-state index in [0.717, 1.165) is 35.5 Å². The van der Waals surface area contributed by atoms with Crippen molar-refractivity contribution in [3.63, 3.8) is 0 Å². The number of nitrogens with one attached hydrogen (secondary N) is 1. The number of aryl methyl sites for hydroxylation is 1. The molecule has 1 aromatic heterocycles. The second kappa shape index (κ2) is 6.93. The topological polar surface area (TPSA) is 57.5 Å². The molecular formula is C18H24LiN3O2. The number of piperidine rings is 3. The Balaban J connectivity index is 0.00000113. The van der Waals surface area contributed by atoms with Crippen LogP contribution in [0, 0.1) is 5.92 Å². The minimum atomic E-state index is -0.856. The third-order valence-corrected chi connectivity index (χ3v) is 5.53. The van der Waals surface area contributed by atoms with Crippen LogP contribution in [0.5, 0.6) is 0 Å². The van der Waals surface area contributed by atoms with Crippen LogP contribution in [-0.4, -0.2) is 46.2 Å². The molecule has 124 valence electrons. The van der Waals surface area contributed by atoms with Gasteiger partial charge in [0.25, 0.3) is 0 Å². The maximum atomic E-state index is 11.6. The first-order valence-electron chi connectivity index (χ1n) is 8.39. The first-order chi connectivity index (χ1) is 11.1. The summed E-state index contributed by atoms with van der Waals surface area (Å²) >= 11 is 0. The van der Waals surface area contributed by atoms with Crippen molar-refractivity contribution in [1.82, 2.24) is 14.8 Å². The Morgan fingerprint density at radius 1 is 1.38 bits per heavy atom. The molecular weight excluding hydrogens is 297 g/mol. The molecule has 0 amide bonds. The van der Waals surface area contributed by atoms with Crippen LogP contribution in [-0.2, 0) is 13.6 Å². The van der Waals surface area contributed by atoms with Crippen LogP contribution >= 0.6 is 0 Å². The fourth-order valence-corrected chi connectivity index (χ4v) is 4.29. The molecule has 2 aromatic rings. The van der Waals surface area contributed by atoms with Crippen LogP contribution in [0.1, 0.15) is 30.2 Å². The zero-order chi connectivity index (χ0) is 16.0. The number of fused-ring (bicyclic) bond motifs is 4. The minimum Gasteiger partial charge on any atom is -1.00 e. The number of aromatic carboxylic acids is 1. The van der Waals surface area contributed by atoms with Gasteiger partial charge < -0.3 is 21.3 Å². The summed E-state index contributed by atoms with van der Waals surface area (Å²) in [5.74, 6) is -0.0835. The molecule has 1 unspecified atom stereocenters. The molecule has 3 aliphatic rings. The quantitative estimate of drug-likeness (QED) is 0.723. The summed E-state index contributed by atoms with van der Waals surface area (Å²) in [4.78, 5) is 14.1. The van der Waals surface area contributed by atoms with Gasteiger partial charge in [-0.1, -0.05) is 6.07 Å². The largest absolute Gasteiger partial charge is 1.00 e.